The lowest BCUT2D eigenvalue weighted by Gasteiger charge is -2.28. The van der Waals surface area contributed by atoms with Gasteiger partial charge in [-0.2, -0.15) is 0 Å². The third-order valence-electron chi connectivity index (χ3n) is 4.16. The maximum absolute atomic E-state index is 13.4. The first-order valence-corrected chi connectivity index (χ1v) is 7.82. The zero-order valence-corrected chi connectivity index (χ0v) is 12.8. The second kappa shape index (κ2) is 7.38. The van der Waals surface area contributed by atoms with Gasteiger partial charge in [0, 0.05) is 12.6 Å². The highest BCUT2D eigenvalue weighted by molar-refractivity contribution is 5.98. The van der Waals surface area contributed by atoms with Gasteiger partial charge in [-0.1, -0.05) is 19.3 Å². The molecule has 2 N–H and O–H groups in total. The molecule has 0 radical (unpaired) electrons. The molecular formula is C16H24FN3O. The monoisotopic (exact) mass is 293 g/mol. The first-order valence-electron chi connectivity index (χ1n) is 7.82. The maximum atomic E-state index is 13.4. The Morgan fingerprint density at radius 2 is 2.14 bits per heavy atom. The molecule has 4 nitrogen and oxygen atoms in total. The number of carbonyl (C=O) groups is 1. The molecule has 1 aliphatic rings. The Hall–Kier alpha value is -1.65. The van der Waals surface area contributed by atoms with Crippen LogP contribution in [0.4, 0.5) is 10.2 Å². The van der Waals surface area contributed by atoms with E-state index in [1.807, 2.05) is 13.8 Å². The summed E-state index contributed by atoms with van der Waals surface area (Å²) in [4.78, 5) is 16.3. The highest BCUT2D eigenvalue weighted by Crippen LogP contribution is 2.26. The second-order valence-corrected chi connectivity index (χ2v) is 5.74. The van der Waals surface area contributed by atoms with Gasteiger partial charge in [0.05, 0.1) is 11.8 Å². The molecule has 1 saturated carbocycles. The topological polar surface area (TPSA) is 54.0 Å². The van der Waals surface area contributed by atoms with Gasteiger partial charge in [-0.25, -0.2) is 9.37 Å². The molecule has 0 aliphatic heterocycles. The van der Waals surface area contributed by atoms with Gasteiger partial charge in [0.25, 0.3) is 5.91 Å². The number of carbonyl (C=O) groups excluding carboxylic acids is 1. The third-order valence-corrected chi connectivity index (χ3v) is 4.16. The molecule has 0 bridgehead atoms. The van der Waals surface area contributed by atoms with Crippen molar-refractivity contribution < 1.29 is 9.18 Å². The first kappa shape index (κ1) is 15.7. The zero-order valence-electron chi connectivity index (χ0n) is 12.8. The van der Waals surface area contributed by atoms with E-state index < -0.39 is 5.82 Å². The molecule has 1 aromatic heterocycles. The fourth-order valence-corrected chi connectivity index (χ4v) is 2.96. The Balaban J connectivity index is 2.06. The number of hydrogen-bond acceptors (Lipinski definition) is 3. The summed E-state index contributed by atoms with van der Waals surface area (Å²) in [5, 5.41) is 6.00. The van der Waals surface area contributed by atoms with E-state index >= 15 is 0 Å². The number of aromatic nitrogens is 1. The molecule has 1 fully saturated rings. The van der Waals surface area contributed by atoms with Crippen LogP contribution < -0.4 is 10.6 Å². The molecule has 0 aromatic carbocycles. The van der Waals surface area contributed by atoms with Gasteiger partial charge < -0.3 is 10.6 Å². The molecule has 1 atom stereocenters. The van der Waals surface area contributed by atoms with Crippen LogP contribution in [-0.4, -0.2) is 23.5 Å². The van der Waals surface area contributed by atoms with Crippen LogP contribution in [0.25, 0.3) is 0 Å². The molecule has 2 rings (SSSR count). The molecule has 0 saturated heterocycles. The van der Waals surface area contributed by atoms with Crippen molar-refractivity contribution in [2.45, 2.75) is 52.0 Å². The summed E-state index contributed by atoms with van der Waals surface area (Å²) >= 11 is 0. The normalized spacial score (nSPS) is 17.3. The van der Waals surface area contributed by atoms with Crippen molar-refractivity contribution in [2.24, 2.45) is 5.92 Å². The fraction of sp³-hybridized carbons (Fsp3) is 0.625. The van der Waals surface area contributed by atoms with Crippen molar-refractivity contribution in [3.63, 3.8) is 0 Å². The highest BCUT2D eigenvalue weighted by atomic mass is 19.1. The number of rotatable bonds is 5. The maximum Gasteiger partial charge on any atom is 0.255 e. The molecule has 1 aromatic rings. The number of halogens is 1. The average Bonchev–Trinajstić information content (AvgIpc) is 2.50. The Bertz CT molecular complexity index is 486. The van der Waals surface area contributed by atoms with Crippen LogP contribution in [0.3, 0.4) is 0 Å². The van der Waals surface area contributed by atoms with E-state index in [0.717, 1.165) is 19.0 Å². The smallest absolute Gasteiger partial charge is 0.255 e. The van der Waals surface area contributed by atoms with Gasteiger partial charge in [0.15, 0.2) is 0 Å². The Morgan fingerprint density at radius 3 is 2.81 bits per heavy atom. The molecule has 0 spiro atoms. The minimum atomic E-state index is -0.493. The lowest BCUT2D eigenvalue weighted by Crippen LogP contribution is -2.39. The number of hydrogen-bond donors (Lipinski definition) is 2. The van der Waals surface area contributed by atoms with Crippen molar-refractivity contribution >= 4 is 11.7 Å². The number of anilines is 1. The van der Waals surface area contributed by atoms with Crippen molar-refractivity contribution in [3.8, 4) is 0 Å². The average molecular weight is 293 g/mol. The Kier molecular flexibility index (Phi) is 5.53. The van der Waals surface area contributed by atoms with E-state index in [-0.39, 0.29) is 17.5 Å². The molecule has 1 aliphatic carbocycles. The van der Waals surface area contributed by atoms with Crippen molar-refractivity contribution in [1.29, 1.82) is 0 Å². The summed E-state index contributed by atoms with van der Waals surface area (Å²) < 4.78 is 13.4. The minimum Gasteiger partial charge on any atom is -0.370 e. The molecule has 21 heavy (non-hydrogen) atoms. The minimum absolute atomic E-state index is 0.107. The molecule has 1 unspecified atom stereocenters. The van der Waals surface area contributed by atoms with Crippen LogP contribution in [-0.2, 0) is 0 Å². The van der Waals surface area contributed by atoms with Crippen molar-refractivity contribution in [1.82, 2.24) is 10.3 Å². The molecule has 1 amide bonds. The first-order chi connectivity index (χ1) is 10.1. The lowest BCUT2D eigenvalue weighted by atomic mass is 9.84. The van der Waals surface area contributed by atoms with Gasteiger partial charge >= 0.3 is 0 Å². The quantitative estimate of drug-likeness (QED) is 0.875. The van der Waals surface area contributed by atoms with E-state index in [9.17, 15) is 9.18 Å². The largest absolute Gasteiger partial charge is 0.370 e. The van der Waals surface area contributed by atoms with E-state index in [0.29, 0.717) is 18.3 Å². The summed E-state index contributed by atoms with van der Waals surface area (Å²) in [6.45, 7) is 4.59. The molecule has 116 valence electrons. The lowest BCUT2D eigenvalue weighted by molar-refractivity contribution is 0.0919. The van der Waals surface area contributed by atoms with Crippen LogP contribution in [0.2, 0.25) is 0 Å². The summed E-state index contributed by atoms with van der Waals surface area (Å²) in [6.07, 6.45) is 7.19. The standard InChI is InChI=1S/C16H24FN3O/c1-3-18-15-14(9-13(17)10-19-15)16(21)20-11(2)12-7-5-4-6-8-12/h9-12H,3-8H2,1-2H3,(H,18,19)(H,20,21). The number of amides is 1. The van der Waals surface area contributed by atoms with E-state index in [1.165, 1.54) is 25.3 Å². The molecule has 5 heteroatoms. The van der Waals surface area contributed by atoms with Gasteiger partial charge in [-0.3, -0.25) is 4.79 Å². The predicted octanol–water partition coefficient (Wildman–Crippen LogP) is 3.35. The number of nitrogens with one attached hydrogen (secondary N) is 2. The summed E-state index contributed by atoms with van der Waals surface area (Å²) in [7, 11) is 0. The fourth-order valence-electron chi connectivity index (χ4n) is 2.96. The Morgan fingerprint density at radius 1 is 1.43 bits per heavy atom. The highest BCUT2D eigenvalue weighted by Gasteiger charge is 2.23. The molecule has 1 heterocycles. The second-order valence-electron chi connectivity index (χ2n) is 5.74. The van der Waals surface area contributed by atoms with Crippen molar-refractivity contribution in [3.05, 3.63) is 23.6 Å². The van der Waals surface area contributed by atoms with E-state index in [4.69, 9.17) is 0 Å². The van der Waals surface area contributed by atoms with Gasteiger partial charge in [0.1, 0.15) is 11.6 Å². The molecular weight excluding hydrogens is 269 g/mol. The number of pyridine rings is 1. The van der Waals surface area contributed by atoms with Crippen LogP contribution in [0.15, 0.2) is 12.3 Å². The van der Waals surface area contributed by atoms with Gasteiger partial charge in [0.2, 0.25) is 0 Å². The SMILES string of the molecule is CCNc1ncc(F)cc1C(=O)NC(C)C1CCCCC1. The van der Waals surface area contributed by atoms with Crippen LogP contribution in [0, 0.1) is 11.7 Å². The van der Waals surface area contributed by atoms with E-state index in [1.54, 1.807) is 0 Å². The predicted molar refractivity (Wildman–Crippen MR) is 81.9 cm³/mol. The van der Waals surface area contributed by atoms with Gasteiger partial charge in [-0.05, 0) is 38.7 Å². The summed E-state index contributed by atoms with van der Waals surface area (Å²) in [6, 6.07) is 1.35. The summed E-state index contributed by atoms with van der Waals surface area (Å²) in [5.74, 6) is 0.210. The van der Waals surface area contributed by atoms with Gasteiger partial charge in [-0.15, -0.1) is 0 Å². The summed E-state index contributed by atoms with van der Waals surface area (Å²) in [5.41, 5.74) is 0.277. The number of nitrogens with zero attached hydrogens (tertiary/aromatic N) is 1. The van der Waals surface area contributed by atoms with Crippen LogP contribution >= 0.6 is 0 Å². The Labute approximate surface area is 125 Å². The van der Waals surface area contributed by atoms with Crippen LogP contribution in [0.1, 0.15) is 56.3 Å². The third kappa shape index (κ3) is 4.16. The van der Waals surface area contributed by atoms with Crippen molar-refractivity contribution in [2.75, 3.05) is 11.9 Å². The zero-order chi connectivity index (χ0) is 15.2. The van der Waals surface area contributed by atoms with Crippen LogP contribution in [0.5, 0.6) is 0 Å². The van der Waals surface area contributed by atoms with E-state index in [2.05, 4.69) is 15.6 Å².